The van der Waals surface area contributed by atoms with Crippen molar-refractivity contribution >= 4 is 40.0 Å². The molecule has 0 aliphatic carbocycles. The third kappa shape index (κ3) is 2.82. The maximum atomic E-state index is 11.0. The van der Waals surface area contributed by atoms with E-state index in [2.05, 4.69) is 36.9 Å². The minimum atomic E-state index is -0.827. The second-order valence-electron chi connectivity index (χ2n) is 4.82. The Kier molecular flexibility index (Phi) is 3.99. The number of hydrogen-bond donors (Lipinski definition) is 2. The van der Waals surface area contributed by atoms with Crippen molar-refractivity contribution in [2.24, 2.45) is 0 Å². The van der Waals surface area contributed by atoms with Crippen molar-refractivity contribution in [2.45, 2.75) is 11.7 Å². The molecule has 2 nitrogen and oxygen atoms in total. The molecule has 21 heavy (non-hydrogen) atoms. The predicted octanol–water partition coefficient (Wildman–Crippen LogP) is 5.01. The number of carbonyl (C=O) groups is 1. The van der Waals surface area contributed by atoms with Crippen molar-refractivity contribution < 1.29 is 9.90 Å². The lowest BCUT2D eigenvalue weighted by Crippen LogP contribution is -2.00. The van der Waals surface area contributed by atoms with Crippen LogP contribution < -0.4 is 0 Å². The number of aliphatic carboxylic acids is 1. The zero-order valence-corrected chi connectivity index (χ0v) is 12.9. The van der Waals surface area contributed by atoms with Crippen LogP contribution in [0.1, 0.15) is 16.5 Å². The molecule has 1 N–H and O–H groups in total. The first-order chi connectivity index (χ1) is 10.2. The zero-order valence-electron chi connectivity index (χ0n) is 11.2. The van der Waals surface area contributed by atoms with E-state index >= 15 is 0 Å². The van der Waals surface area contributed by atoms with Crippen LogP contribution in [0.3, 0.4) is 0 Å². The lowest BCUT2D eigenvalue weighted by atomic mass is 10.00. The van der Waals surface area contributed by atoms with E-state index in [-0.39, 0.29) is 11.7 Å². The van der Waals surface area contributed by atoms with Gasteiger partial charge in [0.05, 0.1) is 6.42 Å². The molecule has 0 saturated heterocycles. The third-order valence-electron chi connectivity index (χ3n) is 3.36. The summed E-state index contributed by atoms with van der Waals surface area (Å²) in [4.78, 5) is 12.0. The number of benzene rings is 2. The molecule has 0 radical (unpaired) electrons. The molecule has 106 valence electrons. The van der Waals surface area contributed by atoms with E-state index in [4.69, 9.17) is 5.11 Å². The van der Waals surface area contributed by atoms with Crippen molar-refractivity contribution in [1.82, 2.24) is 0 Å². The summed E-state index contributed by atoms with van der Waals surface area (Å²) in [6, 6.07) is 18.2. The number of thiophene rings is 1. The molecule has 0 aliphatic rings. The molecule has 1 heterocycles. The Balaban J connectivity index is 2.21. The smallest absolute Gasteiger partial charge is 0.304 e. The third-order valence-corrected chi connectivity index (χ3v) is 5.26. The molecule has 3 rings (SSSR count). The van der Waals surface area contributed by atoms with Crippen LogP contribution in [0.25, 0.3) is 21.2 Å². The first kappa shape index (κ1) is 14.2. The van der Waals surface area contributed by atoms with E-state index in [1.165, 1.54) is 0 Å². The highest BCUT2D eigenvalue weighted by molar-refractivity contribution is 7.80. The number of thiol groups is 1. The number of carboxylic acids is 1. The van der Waals surface area contributed by atoms with Crippen molar-refractivity contribution in [3.63, 3.8) is 0 Å². The standard InChI is InChI=1S/C17H14O2S2/c18-15(19)10-13(20)17-16(11-6-2-1-3-7-11)12-8-4-5-9-14(12)21-17/h1-9,13,20H,10H2,(H,18,19). The van der Waals surface area contributed by atoms with Gasteiger partial charge in [-0.05, 0) is 11.6 Å². The fourth-order valence-electron chi connectivity index (χ4n) is 2.46. The zero-order chi connectivity index (χ0) is 14.8. The van der Waals surface area contributed by atoms with E-state index < -0.39 is 5.97 Å². The summed E-state index contributed by atoms with van der Waals surface area (Å²) < 4.78 is 1.16. The summed E-state index contributed by atoms with van der Waals surface area (Å²) in [5, 5.41) is 9.90. The molecule has 0 aliphatic heterocycles. The number of fused-ring (bicyclic) bond motifs is 1. The molecule has 0 bridgehead atoms. The minimum absolute atomic E-state index is 0.0236. The largest absolute Gasteiger partial charge is 0.481 e. The Bertz CT molecular complexity index is 778. The molecule has 2 aromatic carbocycles. The van der Waals surface area contributed by atoms with E-state index in [1.807, 2.05) is 30.3 Å². The van der Waals surface area contributed by atoms with Crippen LogP contribution in [0.15, 0.2) is 54.6 Å². The summed E-state index contributed by atoms with van der Waals surface area (Å²) >= 11 is 6.15. The summed E-state index contributed by atoms with van der Waals surface area (Å²) in [5.74, 6) is -0.827. The molecular formula is C17H14O2S2. The normalized spacial score (nSPS) is 12.4. The van der Waals surface area contributed by atoms with Gasteiger partial charge in [0, 0.05) is 25.8 Å². The Morgan fingerprint density at radius 3 is 2.48 bits per heavy atom. The Morgan fingerprint density at radius 1 is 1.10 bits per heavy atom. The lowest BCUT2D eigenvalue weighted by molar-refractivity contribution is -0.136. The highest BCUT2D eigenvalue weighted by Gasteiger charge is 2.20. The van der Waals surface area contributed by atoms with Gasteiger partial charge in [-0.3, -0.25) is 4.79 Å². The van der Waals surface area contributed by atoms with Crippen LogP contribution in [0.5, 0.6) is 0 Å². The van der Waals surface area contributed by atoms with Crippen LogP contribution in [0.2, 0.25) is 0 Å². The number of carboxylic acid groups (broad SMARTS) is 1. The number of hydrogen-bond acceptors (Lipinski definition) is 3. The fraction of sp³-hybridized carbons (Fsp3) is 0.118. The quantitative estimate of drug-likeness (QED) is 0.664. The molecule has 1 aromatic heterocycles. The SMILES string of the molecule is O=C(O)CC(S)c1sc2ccccc2c1-c1ccccc1. The van der Waals surface area contributed by atoms with Gasteiger partial charge < -0.3 is 5.11 Å². The van der Waals surface area contributed by atoms with Gasteiger partial charge in [0.2, 0.25) is 0 Å². The van der Waals surface area contributed by atoms with E-state index in [0.717, 1.165) is 26.1 Å². The molecule has 0 fully saturated rings. The van der Waals surface area contributed by atoms with Crippen molar-refractivity contribution in [3.8, 4) is 11.1 Å². The molecule has 0 amide bonds. The van der Waals surface area contributed by atoms with E-state index in [1.54, 1.807) is 11.3 Å². The molecule has 1 unspecified atom stereocenters. The van der Waals surface area contributed by atoms with Gasteiger partial charge >= 0.3 is 5.97 Å². The highest BCUT2D eigenvalue weighted by Crippen LogP contribution is 2.44. The molecule has 4 heteroatoms. The Morgan fingerprint density at radius 2 is 1.76 bits per heavy atom. The van der Waals surface area contributed by atoms with Crippen molar-refractivity contribution in [3.05, 3.63) is 59.5 Å². The molecule has 0 spiro atoms. The monoisotopic (exact) mass is 314 g/mol. The van der Waals surface area contributed by atoms with Crippen LogP contribution in [0.4, 0.5) is 0 Å². The van der Waals surface area contributed by atoms with Gasteiger partial charge in [0.15, 0.2) is 0 Å². The molecule has 1 atom stereocenters. The van der Waals surface area contributed by atoms with Gasteiger partial charge in [-0.15, -0.1) is 11.3 Å². The average molecular weight is 314 g/mol. The van der Waals surface area contributed by atoms with Gasteiger partial charge in [-0.25, -0.2) is 0 Å². The van der Waals surface area contributed by atoms with Crippen molar-refractivity contribution in [1.29, 1.82) is 0 Å². The first-order valence-corrected chi connectivity index (χ1v) is 7.97. The summed E-state index contributed by atoms with van der Waals surface area (Å²) in [7, 11) is 0. The summed E-state index contributed by atoms with van der Waals surface area (Å²) in [6.07, 6.45) is 0.0236. The van der Waals surface area contributed by atoms with Crippen molar-refractivity contribution in [2.75, 3.05) is 0 Å². The molecule has 3 aromatic rings. The predicted molar refractivity (Wildman–Crippen MR) is 91.2 cm³/mol. The second-order valence-corrected chi connectivity index (χ2v) is 6.52. The molecule has 0 saturated carbocycles. The van der Waals surface area contributed by atoms with Crippen LogP contribution in [0, 0.1) is 0 Å². The van der Waals surface area contributed by atoms with E-state index in [0.29, 0.717) is 0 Å². The Hall–Kier alpha value is -1.78. The van der Waals surface area contributed by atoms with E-state index in [9.17, 15) is 4.79 Å². The summed E-state index contributed by atoms with van der Waals surface area (Å²) in [6.45, 7) is 0. The first-order valence-electron chi connectivity index (χ1n) is 6.63. The van der Waals surface area contributed by atoms with Crippen LogP contribution in [-0.4, -0.2) is 11.1 Å². The highest BCUT2D eigenvalue weighted by atomic mass is 32.1. The minimum Gasteiger partial charge on any atom is -0.481 e. The Labute approximate surface area is 132 Å². The summed E-state index contributed by atoms with van der Waals surface area (Å²) in [5.41, 5.74) is 2.21. The van der Waals surface area contributed by atoms with Crippen LogP contribution >= 0.6 is 24.0 Å². The van der Waals surface area contributed by atoms with Gasteiger partial charge in [-0.2, -0.15) is 12.6 Å². The fourth-order valence-corrected chi connectivity index (χ4v) is 4.12. The topological polar surface area (TPSA) is 37.3 Å². The maximum Gasteiger partial charge on any atom is 0.304 e. The van der Waals surface area contributed by atoms with Gasteiger partial charge in [0.1, 0.15) is 0 Å². The second kappa shape index (κ2) is 5.92. The average Bonchev–Trinajstić information content (AvgIpc) is 2.87. The molecular weight excluding hydrogens is 300 g/mol. The number of rotatable bonds is 4. The maximum absolute atomic E-state index is 11.0. The van der Waals surface area contributed by atoms with Gasteiger partial charge in [0.25, 0.3) is 0 Å². The van der Waals surface area contributed by atoms with Gasteiger partial charge in [-0.1, -0.05) is 48.5 Å². The lowest BCUT2D eigenvalue weighted by Gasteiger charge is -2.10. The van der Waals surface area contributed by atoms with Crippen LogP contribution in [-0.2, 0) is 4.79 Å².